The van der Waals surface area contributed by atoms with Gasteiger partial charge < -0.3 is 14.6 Å². The monoisotopic (exact) mass is 286 g/mol. The smallest absolute Gasteiger partial charge is 0.250 e. The van der Waals surface area contributed by atoms with E-state index in [4.69, 9.17) is 4.74 Å². The Morgan fingerprint density at radius 1 is 1.19 bits per heavy atom. The summed E-state index contributed by atoms with van der Waals surface area (Å²) < 4.78 is 6.93. The van der Waals surface area contributed by atoms with E-state index in [1.807, 2.05) is 36.5 Å². The minimum Gasteiger partial charge on any atom is -0.497 e. The second-order valence-electron chi connectivity index (χ2n) is 4.97. The minimum atomic E-state index is 0.0225. The Balaban J connectivity index is 2.20. The molecule has 0 amide bonds. The normalized spacial score (nSPS) is 12.1. The van der Waals surface area contributed by atoms with E-state index in [0.717, 1.165) is 24.3 Å². The van der Waals surface area contributed by atoms with Crippen LogP contribution in [-0.4, -0.2) is 18.2 Å². The molecule has 0 spiro atoms. The lowest BCUT2D eigenvalue weighted by molar-refractivity contribution is 0.413. The average molecular weight is 286 g/mol. The maximum atomic E-state index is 11.9. The summed E-state index contributed by atoms with van der Waals surface area (Å²) in [5.74, 6) is 0.838. The Hall–Kier alpha value is -2.07. The molecule has 0 aliphatic rings. The van der Waals surface area contributed by atoms with E-state index in [1.165, 1.54) is 0 Å². The third-order valence-electron chi connectivity index (χ3n) is 3.44. The number of nitrogens with one attached hydrogen (secondary N) is 1. The molecule has 1 aromatic carbocycles. The number of ether oxygens (including phenoxy) is 1. The quantitative estimate of drug-likeness (QED) is 0.851. The van der Waals surface area contributed by atoms with Crippen molar-refractivity contribution in [2.45, 2.75) is 25.9 Å². The van der Waals surface area contributed by atoms with Gasteiger partial charge in [-0.2, -0.15) is 0 Å². The Kier molecular flexibility index (Phi) is 5.58. The van der Waals surface area contributed by atoms with E-state index >= 15 is 0 Å². The molecule has 0 aliphatic heterocycles. The molecule has 1 N–H and O–H groups in total. The lowest BCUT2D eigenvalue weighted by Crippen LogP contribution is -2.30. The van der Waals surface area contributed by atoms with Crippen LogP contribution in [0.2, 0.25) is 0 Å². The zero-order valence-corrected chi connectivity index (χ0v) is 12.6. The third-order valence-corrected chi connectivity index (χ3v) is 3.44. The number of rotatable bonds is 7. The molecule has 1 unspecified atom stereocenters. The number of benzene rings is 1. The van der Waals surface area contributed by atoms with Crippen molar-refractivity contribution in [1.82, 2.24) is 9.88 Å². The molecule has 0 fully saturated rings. The molecule has 21 heavy (non-hydrogen) atoms. The largest absolute Gasteiger partial charge is 0.497 e. The number of nitrogens with zero attached hydrogens (tertiary/aromatic N) is 1. The van der Waals surface area contributed by atoms with E-state index < -0.39 is 0 Å². The van der Waals surface area contributed by atoms with Crippen molar-refractivity contribution < 1.29 is 4.74 Å². The van der Waals surface area contributed by atoms with E-state index in [9.17, 15) is 4.79 Å². The SMILES string of the molecule is CCCNC(Cn1ccccc1=O)c1ccc(OC)cc1. The van der Waals surface area contributed by atoms with Gasteiger partial charge in [0.1, 0.15) is 5.75 Å². The summed E-state index contributed by atoms with van der Waals surface area (Å²) >= 11 is 0. The van der Waals surface area contributed by atoms with Crippen LogP contribution in [0.5, 0.6) is 5.75 Å². The van der Waals surface area contributed by atoms with Crippen LogP contribution in [0.4, 0.5) is 0 Å². The predicted molar refractivity (Wildman–Crippen MR) is 84.7 cm³/mol. The Labute approximate surface area is 125 Å². The van der Waals surface area contributed by atoms with Gasteiger partial charge in [0.05, 0.1) is 13.2 Å². The Bertz CT molecular complexity index is 605. The van der Waals surface area contributed by atoms with Crippen LogP contribution in [0, 0.1) is 0 Å². The Morgan fingerprint density at radius 3 is 2.57 bits per heavy atom. The molecule has 2 aromatic rings. The summed E-state index contributed by atoms with van der Waals surface area (Å²) in [5, 5.41) is 3.50. The van der Waals surface area contributed by atoms with Gasteiger partial charge >= 0.3 is 0 Å². The fraction of sp³-hybridized carbons (Fsp3) is 0.353. The highest BCUT2D eigenvalue weighted by Crippen LogP contribution is 2.19. The molecule has 112 valence electrons. The van der Waals surface area contributed by atoms with Crippen LogP contribution >= 0.6 is 0 Å². The summed E-state index contributed by atoms with van der Waals surface area (Å²) in [6, 6.07) is 13.3. The number of pyridine rings is 1. The highest BCUT2D eigenvalue weighted by atomic mass is 16.5. The summed E-state index contributed by atoms with van der Waals surface area (Å²) in [4.78, 5) is 11.9. The van der Waals surface area contributed by atoms with Crippen LogP contribution in [-0.2, 0) is 6.54 Å². The van der Waals surface area contributed by atoms with Gasteiger partial charge in [0, 0.05) is 18.8 Å². The van der Waals surface area contributed by atoms with E-state index in [2.05, 4.69) is 12.2 Å². The van der Waals surface area contributed by atoms with E-state index in [1.54, 1.807) is 23.8 Å². The second-order valence-corrected chi connectivity index (χ2v) is 4.97. The maximum absolute atomic E-state index is 11.9. The van der Waals surface area contributed by atoms with Crippen LogP contribution in [0.25, 0.3) is 0 Å². The third kappa shape index (κ3) is 4.20. The summed E-state index contributed by atoms with van der Waals surface area (Å²) in [6.45, 7) is 3.66. The van der Waals surface area contributed by atoms with Gasteiger partial charge in [-0.25, -0.2) is 0 Å². The second kappa shape index (κ2) is 7.64. The fourth-order valence-corrected chi connectivity index (χ4v) is 2.25. The minimum absolute atomic E-state index is 0.0225. The average Bonchev–Trinajstić information content (AvgIpc) is 2.53. The molecule has 1 heterocycles. The van der Waals surface area contributed by atoms with Gasteiger partial charge in [-0.1, -0.05) is 25.1 Å². The molecular formula is C17H22N2O2. The van der Waals surface area contributed by atoms with Crippen LogP contribution < -0.4 is 15.6 Å². The first-order valence-corrected chi connectivity index (χ1v) is 7.27. The number of aromatic nitrogens is 1. The highest BCUT2D eigenvalue weighted by molar-refractivity contribution is 5.29. The van der Waals surface area contributed by atoms with Gasteiger partial charge in [0.15, 0.2) is 0 Å². The first-order valence-electron chi connectivity index (χ1n) is 7.27. The molecule has 0 bridgehead atoms. The van der Waals surface area contributed by atoms with Crippen molar-refractivity contribution in [3.8, 4) is 5.75 Å². The first-order chi connectivity index (χ1) is 10.2. The summed E-state index contributed by atoms with van der Waals surface area (Å²) in [6.07, 6.45) is 2.88. The van der Waals surface area contributed by atoms with Crippen molar-refractivity contribution in [1.29, 1.82) is 0 Å². The Morgan fingerprint density at radius 2 is 1.95 bits per heavy atom. The molecule has 1 aromatic heterocycles. The van der Waals surface area contributed by atoms with Gasteiger partial charge in [-0.05, 0) is 36.7 Å². The molecule has 0 saturated heterocycles. The number of hydrogen-bond donors (Lipinski definition) is 1. The maximum Gasteiger partial charge on any atom is 0.250 e. The number of hydrogen-bond acceptors (Lipinski definition) is 3. The fourth-order valence-electron chi connectivity index (χ4n) is 2.25. The lowest BCUT2D eigenvalue weighted by Gasteiger charge is -2.20. The van der Waals surface area contributed by atoms with Crippen molar-refractivity contribution >= 4 is 0 Å². The van der Waals surface area contributed by atoms with Gasteiger partial charge in [0.2, 0.25) is 0 Å². The van der Waals surface area contributed by atoms with Gasteiger partial charge in [-0.15, -0.1) is 0 Å². The molecule has 4 nitrogen and oxygen atoms in total. The lowest BCUT2D eigenvalue weighted by atomic mass is 10.1. The first kappa shape index (κ1) is 15.3. The number of methoxy groups -OCH3 is 1. The van der Waals surface area contributed by atoms with Gasteiger partial charge in [-0.3, -0.25) is 4.79 Å². The molecule has 4 heteroatoms. The molecule has 0 aliphatic carbocycles. The van der Waals surface area contributed by atoms with Crippen molar-refractivity contribution in [3.05, 3.63) is 64.6 Å². The van der Waals surface area contributed by atoms with E-state index in [0.29, 0.717) is 6.54 Å². The summed E-state index contributed by atoms with van der Waals surface area (Å²) in [5.41, 5.74) is 1.18. The molecule has 0 saturated carbocycles. The van der Waals surface area contributed by atoms with E-state index in [-0.39, 0.29) is 11.6 Å². The van der Waals surface area contributed by atoms with Crippen molar-refractivity contribution in [3.63, 3.8) is 0 Å². The zero-order chi connectivity index (χ0) is 15.1. The molecular weight excluding hydrogens is 264 g/mol. The van der Waals surface area contributed by atoms with Gasteiger partial charge in [0.25, 0.3) is 5.56 Å². The molecule has 2 rings (SSSR count). The summed E-state index contributed by atoms with van der Waals surface area (Å²) in [7, 11) is 1.66. The highest BCUT2D eigenvalue weighted by Gasteiger charge is 2.12. The molecule has 0 radical (unpaired) electrons. The predicted octanol–water partition coefficient (Wildman–Crippen LogP) is 2.60. The zero-order valence-electron chi connectivity index (χ0n) is 12.6. The van der Waals surface area contributed by atoms with Crippen LogP contribution in [0.3, 0.4) is 0 Å². The van der Waals surface area contributed by atoms with Crippen LogP contribution in [0.1, 0.15) is 24.9 Å². The standard InChI is InChI=1S/C17H22N2O2/c1-3-11-18-16(13-19-12-5-4-6-17(19)20)14-7-9-15(21-2)10-8-14/h4-10,12,16,18H,3,11,13H2,1-2H3. The van der Waals surface area contributed by atoms with Crippen molar-refractivity contribution in [2.24, 2.45) is 0 Å². The van der Waals surface area contributed by atoms with Crippen molar-refractivity contribution in [2.75, 3.05) is 13.7 Å². The van der Waals surface area contributed by atoms with Crippen LogP contribution in [0.15, 0.2) is 53.5 Å². The topological polar surface area (TPSA) is 43.3 Å². The molecule has 1 atom stereocenters.